The van der Waals surface area contributed by atoms with Crippen LogP contribution in [0, 0.1) is 0 Å². The lowest BCUT2D eigenvalue weighted by Crippen LogP contribution is -2.37. The maximum Gasteiger partial charge on any atom is 0.239 e. The third kappa shape index (κ3) is 3.12. The number of ether oxygens (including phenoxy) is 1. The maximum atomic E-state index is 11.8. The average molecular weight is 279 g/mol. The maximum absolute atomic E-state index is 11.8. The summed E-state index contributed by atoms with van der Waals surface area (Å²) in [6, 6.07) is 0. The van der Waals surface area contributed by atoms with Crippen molar-refractivity contribution in [2.45, 2.75) is 0 Å². The highest BCUT2D eigenvalue weighted by atomic mass is 16.5. The Labute approximate surface area is 115 Å². The highest BCUT2D eigenvalue weighted by Crippen LogP contribution is 2.21. The molecule has 0 bridgehead atoms. The van der Waals surface area contributed by atoms with Gasteiger partial charge in [-0.05, 0) is 0 Å². The van der Waals surface area contributed by atoms with E-state index < -0.39 is 0 Å². The number of carbonyl (C=O) groups excluding carboxylic acids is 1. The number of H-pyrrole nitrogens is 1. The van der Waals surface area contributed by atoms with Gasteiger partial charge in [0, 0.05) is 20.7 Å². The van der Waals surface area contributed by atoms with Gasteiger partial charge in [-0.15, -0.1) is 0 Å². The topological polar surface area (TPSA) is 122 Å². The molecule has 1 amide bonds. The number of carbonyl (C=O) groups is 1. The first kappa shape index (κ1) is 14.0. The van der Waals surface area contributed by atoms with E-state index in [1.165, 1.54) is 0 Å². The summed E-state index contributed by atoms with van der Waals surface area (Å²) >= 11 is 0. The number of nitrogens with zero attached hydrogens (tertiary/aromatic N) is 4. The normalized spacial score (nSPS) is 10.7. The van der Waals surface area contributed by atoms with Crippen molar-refractivity contribution in [2.75, 3.05) is 44.5 Å². The van der Waals surface area contributed by atoms with Crippen molar-refractivity contribution in [1.82, 2.24) is 25.5 Å². The molecule has 0 fully saturated rings. The lowest BCUT2D eigenvalue weighted by atomic mass is 10.3. The first-order chi connectivity index (χ1) is 9.61. The molecule has 2 aromatic heterocycles. The van der Waals surface area contributed by atoms with Crippen LogP contribution in [0.3, 0.4) is 0 Å². The Morgan fingerprint density at radius 3 is 3.10 bits per heavy atom. The fourth-order valence-corrected chi connectivity index (χ4v) is 1.77. The molecule has 0 spiro atoms. The predicted octanol–water partition coefficient (Wildman–Crippen LogP) is -0.866. The summed E-state index contributed by atoms with van der Waals surface area (Å²) in [5.74, 6) is 0.560. The van der Waals surface area contributed by atoms with E-state index >= 15 is 0 Å². The van der Waals surface area contributed by atoms with Crippen molar-refractivity contribution in [3.8, 4) is 0 Å². The second-order valence-electron chi connectivity index (χ2n) is 4.24. The third-order valence-corrected chi connectivity index (χ3v) is 2.68. The number of fused-ring (bicyclic) bond motifs is 1. The van der Waals surface area contributed by atoms with Crippen molar-refractivity contribution in [3.63, 3.8) is 0 Å². The van der Waals surface area contributed by atoms with Gasteiger partial charge in [-0.25, -0.2) is 0 Å². The smallest absolute Gasteiger partial charge is 0.239 e. The van der Waals surface area contributed by atoms with Crippen molar-refractivity contribution in [2.24, 2.45) is 0 Å². The van der Waals surface area contributed by atoms with E-state index in [1.807, 2.05) is 0 Å². The minimum Gasteiger partial charge on any atom is -0.383 e. The van der Waals surface area contributed by atoms with E-state index in [2.05, 4.69) is 25.5 Å². The number of rotatable bonds is 6. The second kappa shape index (κ2) is 6.15. The number of amides is 1. The Balaban J connectivity index is 2.09. The molecule has 0 unspecified atom stereocenters. The van der Waals surface area contributed by atoms with E-state index in [-0.39, 0.29) is 18.4 Å². The molecule has 0 saturated heterocycles. The number of hydrogen-bond acceptors (Lipinski definition) is 7. The number of nitrogens with one attached hydrogen (secondary N) is 2. The van der Waals surface area contributed by atoms with Crippen LogP contribution in [-0.4, -0.2) is 59.9 Å². The Bertz CT molecular complexity index is 597. The molecular weight excluding hydrogens is 262 g/mol. The van der Waals surface area contributed by atoms with E-state index in [4.69, 9.17) is 10.5 Å². The minimum absolute atomic E-state index is 0.127. The first-order valence-corrected chi connectivity index (χ1v) is 6.05. The highest BCUT2D eigenvalue weighted by molar-refractivity contribution is 5.90. The highest BCUT2D eigenvalue weighted by Gasteiger charge is 2.14. The van der Waals surface area contributed by atoms with E-state index in [9.17, 15) is 4.79 Å². The van der Waals surface area contributed by atoms with Gasteiger partial charge in [0.15, 0.2) is 5.65 Å². The lowest BCUT2D eigenvalue weighted by Gasteiger charge is -2.18. The standard InChI is InChI=1S/C11H17N7O2/c1-18(6-8(19)13-3-4-20-2)10-7-5-14-17-9(7)15-11(12)16-10/h5H,3-4,6H2,1-2H3,(H,13,19)(H3,12,14,15,16,17). The monoisotopic (exact) mass is 279 g/mol. The fourth-order valence-electron chi connectivity index (χ4n) is 1.77. The molecule has 0 radical (unpaired) electrons. The third-order valence-electron chi connectivity index (χ3n) is 2.68. The van der Waals surface area contributed by atoms with E-state index in [1.54, 1.807) is 25.3 Å². The largest absolute Gasteiger partial charge is 0.383 e. The van der Waals surface area contributed by atoms with Crippen molar-refractivity contribution in [1.29, 1.82) is 0 Å². The van der Waals surface area contributed by atoms with Gasteiger partial charge in [-0.1, -0.05) is 0 Å². The summed E-state index contributed by atoms with van der Waals surface area (Å²) in [6.07, 6.45) is 1.60. The van der Waals surface area contributed by atoms with Crippen LogP contribution in [-0.2, 0) is 9.53 Å². The minimum atomic E-state index is -0.127. The number of methoxy groups -OCH3 is 1. The number of aromatic amines is 1. The van der Waals surface area contributed by atoms with Crippen LogP contribution >= 0.6 is 0 Å². The number of aromatic nitrogens is 4. The summed E-state index contributed by atoms with van der Waals surface area (Å²) in [6.45, 7) is 1.10. The molecule has 2 heterocycles. The fraction of sp³-hybridized carbons (Fsp3) is 0.455. The molecule has 4 N–H and O–H groups in total. The van der Waals surface area contributed by atoms with Crippen molar-refractivity contribution >= 4 is 28.7 Å². The van der Waals surface area contributed by atoms with Gasteiger partial charge in [0.05, 0.1) is 24.7 Å². The van der Waals surface area contributed by atoms with Gasteiger partial charge in [0.2, 0.25) is 11.9 Å². The number of nitrogen functional groups attached to an aromatic ring is 1. The molecule has 2 rings (SSSR count). The lowest BCUT2D eigenvalue weighted by molar-refractivity contribution is -0.119. The Hall–Kier alpha value is -2.42. The number of anilines is 2. The second-order valence-corrected chi connectivity index (χ2v) is 4.24. The molecule has 108 valence electrons. The summed E-state index contributed by atoms with van der Waals surface area (Å²) < 4.78 is 4.87. The Morgan fingerprint density at radius 2 is 2.35 bits per heavy atom. The summed E-state index contributed by atoms with van der Waals surface area (Å²) in [5.41, 5.74) is 6.18. The number of nitrogens with two attached hydrogens (primary N) is 1. The molecule has 0 aromatic carbocycles. The molecule has 9 nitrogen and oxygen atoms in total. The van der Waals surface area contributed by atoms with Gasteiger partial charge in [-0.2, -0.15) is 15.1 Å². The van der Waals surface area contributed by atoms with Crippen molar-refractivity contribution in [3.05, 3.63) is 6.20 Å². The van der Waals surface area contributed by atoms with Gasteiger partial charge in [0.25, 0.3) is 0 Å². The van der Waals surface area contributed by atoms with E-state index in [0.717, 1.165) is 0 Å². The molecule has 2 aromatic rings. The van der Waals surface area contributed by atoms with Crippen LogP contribution in [0.2, 0.25) is 0 Å². The zero-order valence-corrected chi connectivity index (χ0v) is 11.4. The molecule has 0 aliphatic carbocycles. The van der Waals surface area contributed by atoms with E-state index in [0.29, 0.717) is 30.0 Å². The van der Waals surface area contributed by atoms with Crippen LogP contribution < -0.4 is 16.0 Å². The van der Waals surface area contributed by atoms with Crippen LogP contribution in [0.25, 0.3) is 11.0 Å². The van der Waals surface area contributed by atoms with Gasteiger partial charge >= 0.3 is 0 Å². The summed E-state index contributed by atoms with van der Waals surface area (Å²) in [7, 11) is 3.34. The molecular formula is C11H17N7O2. The summed E-state index contributed by atoms with van der Waals surface area (Å²) in [5, 5.41) is 10.1. The average Bonchev–Trinajstić information content (AvgIpc) is 2.85. The predicted molar refractivity (Wildman–Crippen MR) is 74.3 cm³/mol. The Kier molecular flexibility index (Phi) is 4.31. The van der Waals surface area contributed by atoms with Crippen LogP contribution in [0.5, 0.6) is 0 Å². The van der Waals surface area contributed by atoms with Crippen LogP contribution in [0.1, 0.15) is 0 Å². The van der Waals surface area contributed by atoms with Gasteiger partial charge < -0.3 is 20.7 Å². The van der Waals surface area contributed by atoms with Gasteiger partial charge in [0.1, 0.15) is 5.82 Å². The van der Waals surface area contributed by atoms with Gasteiger partial charge in [-0.3, -0.25) is 9.89 Å². The SMILES string of the molecule is COCCNC(=O)CN(C)c1nc(N)nc2[nH]ncc12. The van der Waals surface area contributed by atoms with Crippen molar-refractivity contribution < 1.29 is 9.53 Å². The zero-order valence-electron chi connectivity index (χ0n) is 11.4. The number of likely N-dealkylation sites (N-methyl/N-ethyl adjacent to an activating group) is 1. The van der Waals surface area contributed by atoms with Crippen LogP contribution in [0.15, 0.2) is 6.20 Å². The zero-order chi connectivity index (χ0) is 14.5. The van der Waals surface area contributed by atoms with Crippen LogP contribution in [0.4, 0.5) is 11.8 Å². The molecule has 9 heteroatoms. The molecule has 0 atom stereocenters. The Morgan fingerprint density at radius 1 is 1.55 bits per heavy atom. The molecule has 20 heavy (non-hydrogen) atoms. The number of hydrogen-bond donors (Lipinski definition) is 3. The molecule has 0 aliphatic rings. The first-order valence-electron chi connectivity index (χ1n) is 6.05. The summed E-state index contributed by atoms with van der Waals surface area (Å²) in [4.78, 5) is 21.6. The molecule has 0 aliphatic heterocycles. The molecule has 0 saturated carbocycles. The quantitative estimate of drug-likeness (QED) is 0.588.